The number of carbonyl (C=O) groups is 1. The Balaban J connectivity index is 4.01. The van der Waals surface area contributed by atoms with Crippen LogP contribution in [0.5, 0.6) is 0 Å². The molecule has 0 radical (unpaired) electrons. The lowest BCUT2D eigenvalue weighted by atomic mass is 10.0. The van der Waals surface area contributed by atoms with Gasteiger partial charge in [-0.3, -0.25) is 9.36 Å². The van der Waals surface area contributed by atoms with Gasteiger partial charge in [-0.2, -0.15) is 0 Å². The molecule has 0 aromatic heterocycles. The molecule has 2 N–H and O–H groups in total. The Morgan fingerprint density at radius 1 is 0.414 bits per heavy atom. The van der Waals surface area contributed by atoms with Crippen LogP contribution >= 0.6 is 7.82 Å². The Kier molecular flexibility index (Phi) is 66.7. The van der Waals surface area contributed by atoms with Crippen LogP contribution in [0.1, 0.15) is 367 Å². The molecule has 0 aliphatic carbocycles. The van der Waals surface area contributed by atoms with Crippen LogP contribution in [0.4, 0.5) is 0 Å². The van der Waals surface area contributed by atoms with E-state index in [4.69, 9.17) is 9.05 Å². The molecule has 87 heavy (non-hydrogen) atoms. The van der Waals surface area contributed by atoms with Crippen molar-refractivity contribution in [2.24, 2.45) is 0 Å². The molecule has 0 rings (SSSR count). The molecular formula is C78H147N2O6P. The first-order valence-electron chi connectivity index (χ1n) is 37.8. The Morgan fingerprint density at radius 2 is 0.701 bits per heavy atom. The smallest absolute Gasteiger partial charge is 0.268 e. The maximum Gasteiger partial charge on any atom is 0.268 e. The van der Waals surface area contributed by atoms with Crippen molar-refractivity contribution in [3.8, 4) is 0 Å². The minimum atomic E-state index is -4.61. The van der Waals surface area contributed by atoms with E-state index in [2.05, 4.69) is 79.9 Å². The molecule has 1 amide bonds. The van der Waals surface area contributed by atoms with E-state index < -0.39 is 20.0 Å². The Labute approximate surface area is 542 Å². The summed E-state index contributed by atoms with van der Waals surface area (Å²) in [7, 11) is 1.27. The summed E-state index contributed by atoms with van der Waals surface area (Å²) in [6, 6.07) is -0.891. The number of aliphatic hydroxyl groups excluding tert-OH is 1. The molecule has 3 atom stereocenters. The average molecular weight is 1240 g/mol. The van der Waals surface area contributed by atoms with E-state index in [0.717, 1.165) is 70.6 Å². The summed E-state index contributed by atoms with van der Waals surface area (Å²) >= 11 is 0. The van der Waals surface area contributed by atoms with E-state index in [1.54, 1.807) is 6.08 Å². The van der Waals surface area contributed by atoms with Crippen LogP contribution in [0.15, 0.2) is 72.9 Å². The van der Waals surface area contributed by atoms with E-state index in [0.29, 0.717) is 17.4 Å². The minimum absolute atomic E-state index is 0.00124. The molecule has 0 aromatic rings. The maximum atomic E-state index is 13.1. The van der Waals surface area contributed by atoms with E-state index in [1.807, 2.05) is 27.2 Å². The minimum Gasteiger partial charge on any atom is -0.756 e. The maximum absolute atomic E-state index is 13.1. The van der Waals surface area contributed by atoms with E-state index in [-0.39, 0.29) is 19.1 Å². The third-order valence-electron chi connectivity index (χ3n) is 17.2. The fourth-order valence-corrected chi connectivity index (χ4v) is 12.1. The summed E-state index contributed by atoms with van der Waals surface area (Å²) in [5.41, 5.74) is 0. The van der Waals surface area contributed by atoms with Crippen molar-refractivity contribution in [3.63, 3.8) is 0 Å². The number of quaternary nitrogens is 1. The van der Waals surface area contributed by atoms with E-state index >= 15 is 0 Å². The fraction of sp³-hybridized carbons (Fsp3) is 0.833. The number of hydrogen-bond acceptors (Lipinski definition) is 6. The van der Waals surface area contributed by atoms with Gasteiger partial charge in [-0.05, 0) is 64.2 Å². The van der Waals surface area contributed by atoms with Crippen LogP contribution in [0.3, 0.4) is 0 Å². The van der Waals surface area contributed by atoms with Crippen LogP contribution in [-0.2, 0) is 18.4 Å². The second-order valence-electron chi connectivity index (χ2n) is 27.0. The topological polar surface area (TPSA) is 108 Å². The number of nitrogens with zero attached hydrogens (tertiary/aromatic N) is 1. The van der Waals surface area contributed by atoms with Crippen LogP contribution in [0.2, 0.25) is 0 Å². The van der Waals surface area contributed by atoms with Gasteiger partial charge in [0.2, 0.25) is 5.91 Å². The highest BCUT2D eigenvalue weighted by atomic mass is 31.2. The van der Waals surface area contributed by atoms with Crippen molar-refractivity contribution in [2.45, 2.75) is 379 Å². The summed E-state index contributed by atoms with van der Waals surface area (Å²) in [6.45, 7) is 4.59. The number of phosphoric acid groups is 1. The lowest BCUT2D eigenvalue weighted by molar-refractivity contribution is -0.870. The Bertz CT molecular complexity index is 1650. The number of allylic oxidation sites excluding steroid dienone is 11. The molecule has 510 valence electrons. The van der Waals surface area contributed by atoms with Gasteiger partial charge in [0.05, 0.1) is 39.9 Å². The first kappa shape index (κ1) is 84.9. The zero-order valence-corrected chi connectivity index (χ0v) is 59.4. The molecular weight excluding hydrogens is 1090 g/mol. The molecule has 0 aromatic carbocycles. The lowest BCUT2D eigenvalue weighted by Gasteiger charge is -2.29. The van der Waals surface area contributed by atoms with Crippen LogP contribution in [-0.4, -0.2) is 68.5 Å². The van der Waals surface area contributed by atoms with Gasteiger partial charge in [-0.15, -0.1) is 0 Å². The van der Waals surface area contributed by atoms with Gasteiger partial charge >= 0.3 is 0 Å². The normalized spacial score (nSPS) is 14.0. The number of nitrogens with one attached hydrogen (secondary N) is 1. The highest BCUT2D eigenvalue weighted by molar-refractivity contribution is 7.45. The number of likely N-dealkylation sites (N-methyl/N-ethyl adjacent to an activating group) is 1. The lowest BCUT2D eigenvalue weighted by Crippen LogP contribution is -2.45. The van der Waals surface area contributed by atoms with Crippen LogP contribution < -0.4 is 10.2 Å². The molecule has 3 unspecified atom stereocenters. The molecule has 0 saturated carbocycles. The fourth-order valence-electron chi connectivity index (χ4n) is 11.4. The molecule has 8 nitrogen and oxygen atoms in total. The second kappa shape index (κ2) is 68.3. The largest absolute Gasteiger partial charge is 0.756 e. The van der Waals surface area contributed by atoms with Gasteiger partial charge in [0, 0.05) is 6.42 Å². The molecule has 0 saturated heterocycles. The molecule has 0 heterocycles. The van der Waals surface area contributed by atoms with Crippen molar-refractivity contribution >= 4 is 13.7 Å². The van der Waals surface area contributed by atoms with Gasteiger partial charge in [-0.25, -0.2) is 0 Å². The first-order valence-corrected chi connectivity index (χ1v) is 39.3. The molecule has 0 bridgehead atoms. The number of amides is 1. The van der Waals surface area contributed by atoms with E-state index in [1.165, 1.54) is 276 Å². The van der Waals surface area contributed by atoms with Crippen molar-refractivity contribution in [1.29, 1.82) is 0 Å². The van der Waals surface area contributed by atoms with E-state index in [9.17, 15) is 19.4 Å². The van der Waals surface area contributed by atoms with Gasteiger partial charge in [0.25, 0.3) is 7.82 Å². The standard InChI is InChI=1S/C78H147N2O6P/c1-6-8-10-12-14-16-18-20-22-24-26-28-30-32-34-36-38-40-42-44-46-48-50-52-54-56-58-60-62-64-66-68-70-72-78(82)79-76(75-86-87(83,84)85-74-73-80(3,4)5)77(81)71-69-67-65-63-61-59-57-55-53-51-49-47-45-43-41-39-37-35-33-31-29-27-25-23-21-19-17-15-13-11-9-7-2/h8,10,14,16,20,22,26,28,32,34,69,71,76-77,81H,6-7,9,11-13,15,17-19,21,23-25,27,29-31,33,35-68,70,72-75H2,1-5H3,(H-,79,82,83,84)/b10-8-,16-14-,22-20-,28-26-,34-32-,71-69+. The van der Waals surface area contributed by atoms with Crippen LogP contribution in [0, 0.1) is 0 Å². The third-order valence-corrected chi connectivity index (χ3v) is 18.1. The Morgan fingerprint density at radius 3 is 1.02 bits per heavy atom. The molecule has 9 heteroatoms. The average Bonchev–Trinajstić information content (AvgIpc) is 3.71. The number of phosphoric ester groups is 1. The van der Waals surface area contributed by atoms with Gasteiger partial charge < -0.3 is 28.8 Å². The van der Waals surface area contributed by atoms with Crippen molar-refractivity contribution < 1.29 is 32.9 Å². The molecule has 0 aliphatic heterocycles. The number of carbonyl (C=O) groups excluding carboxylic acids is 1. The number of unbranched alkanes of at least 4 members (excludes halogenated alkanes) is 47. The van der Waals surface area contributed by atoms with Gasteiger partial charge in [0.15, 0.2) is 0 Å². The quantitative estimate of drug-likeness (QED) is 0.0272. The predicted octanol–water partition coefficient (Wildman–Crippen LogP) is 23.9. The molecule has 0 fully saturated rings. The third kappa shape index (κ3) is 71.2. The summed E-state index contributed by atoms with van der Waals surface area (Å²) in [5.74, 6) is -0.193. The summed E-state index contributed by atoms with van der Waals surface area (Å²) < 4.78 is 23.5. The zero-order chi connectivity index (χ0) is 63.4. The predicted molar refractivity (Wildman–Crippen MR) is 380 cm³/mol. The number of aliphatic hydroxyl groups is 1. The summed E-state index contributed by atoms with van der Waals surface area (Å²) in [4.78, 5) is 25.7. The first-order chi connectivity index (χ1) is 42.5. The monoisotopic (exact) mass is 1240 g/mol. The van der Waals surface area contributed by atoms with Crippen molar-refractivity contribution in [2.75, 3.05) is 40.9 Å². The van der Waals surface area contributed by atoms with Gasteiger partial charge in [-0.1, -0.05) is 369 Å². The highest BCUT2D eigenvalue weighted by Gasteiger charge is 2.23. The second-order valence-corrected chi connectivity index (χ2v) is 28.4. The summed E-state index contributed by atoms with van der Waals surface area (Å²) in [6.07, 6.45) is 96.2. The molecule has 0 spiro atoms. The molecule has 0 aliphatic rings. The van der Waals surface area contributed by atoms with Gasteiger partial charge in [0.1, 0.15) is 13.2 Å². The van der Waals surface area contributed by atoms with Crippen LogP contribution in [0.25, 0.3) is 0 Å². The van der Waals surface area contributed by atoms with Crippen molar-refractivity contribution in [3.05, 3.63) is 72.9 Å². The SMILES string of the molecule is CC/C=C\C/C=C\C/C=C\C/C=C\C/C=C\CCCCCCCCCCCCCCCCCCCC(=O)NC(COP(=O)([O-])OCC[N+](C)(C)C)C(O)/C=C/CCCCCCCCCCCCCCCCCCCCCCCCCCCCCCCC. The summed E-state index contributed by atoms with van der Waals surface area (Å²) in [5, 5.41) is 14.0. The number of hydrogen-bond donors (Lipinski definition) is 2. The van der Waals surface area contributed by atoms with Crippen molar-refractivity contribution in [1.82, 2.24) is 5.32 Å². The number of rotatable bonds is 70. The zero-order valence-electron chi connectivity index (χ0n) is 58.5. The highest BCUT2D eigenvalue weighted by Crippen LogP contribution is 2.38. The Hall–Kier alpha value is -2.06.